The minimum atomic E-state index is -1.16. The molecule has 2 aromatic carbocycles. The summed E-state index contributed by atoms with van der Waals surface area (Å²) in [7, 11) is 0. The highest BCUT2D eigenvalue weighted by atomic mass is 32.2. The first-order valence-electron chi connectivity index (χ1n) is 8.12. The van der Waals surface area contributed by atoms with Crippen LogP contribution in [0.1, 0.15) is 17.2 Å². The molecule has 2 aromatic rings. The average molecular weight is 342 g/mol. The van der Waals surface area contributed by atoms with Gasteiger partial charge in [0.15, 0.2) is 6.10 Å². The molecular weight excluding hydrogens is 320 g/mol. The van der Waals surface area contributed by atoms with Gasteiger partial charge < -0.3 is 15.3 Å². The molecule has 0 radical (unpaired) electrons. The lowest BCUT2D eigenvalue weighted by Gasteiger charge is -2.29. The minimum Gasteiger partial charge on any atom is -0.378 e. The zero-order valence-electron chi connectivity index (χ0n) is 13.7. The van der Waals surface area contributed by atoms with E-state index in [0.29, 0.717) is 5.56 Å². The normalized spacial score (nSPS) is 15.8. The van der Waals surface area contributed by atoms with Crippen LogP contribution in [0.3, 0.4) is 0 Å². The Kier molecular flexibility index (Phi) is 5.43. The first-order valence-corrected chi connectivity index (χ1v) is 9.28. The Hall–Kier alpha value is -1.98. The second-order valence-corrected chi connectivity index (χ2v) is 7.13. The molecule has 5 heteroatoms. The van der Waals surface area contributed by atoms with Crippen molar-refractivity contribution in [3.05, 3.63) is 59.7 Å². The van der Waals surface area contributed by atoms with Crippen molar-refractivity contribution in [2.45, 2.75) is 13.0 Å². The lowest BCUT2D eigenvalue weighted by Crippen LogP contribution is -2.32. The largest absolute Gasteiger partial charge is 0.378 e. The molecule has 3 rings (SSSR count). The van der Waals surface area contributed by atoms with E-state index in [1.54, 1.807) is 12.1 Å². The maximum atomic E-state index is 12.3. The van der Waals surface area contributed by atoms with Gasteiger partial charge in [-0.1, -0.05) is 30.3 Å². The van der Waals surface area contributed by atoms with Crippen LogP contribution in [0.15, 0.2) is 48.5 Å². The van der Waals surface area contributed by atoms with E-state index < -0.39 is 12.0 Å². The number of aliphatic hydroxyl groups excluding tert-OH is 1. The molecule has 0 aliphatic carbocycles. The molecule has 4 nitrogen and oxygen atoms in total. The molecule has 1 fully saturated rings. The molecule has 2 N–H and O–H groups in total. The summed E-state index contributed by atoms with van der Waals surface area (Å²) in [6, 6.07) is 15.0. The second kappa shape index (κ2) is 7.73. The molecule has 1 atom stereocenters. The van der Waals surface area contributed by atoms with E-state index in [9.17, 15) is 9.90 Å². The highest BCUT2D eigenvalue weighted by Crippen LogP contribution is 2.26. The minimum absolute atomic E-state index is 0.411. The van der Waals surface area contributed by atoms with Crippen LogP contribution < -0.4 is 10.2 Å². The van der Waals surface area contributed by atoms with Gasteiger partial charge in [0.25, 0.3) is 5.91 Å². The van der Waals surface area contributed by atoms with Crippen molar-refractivity contribution >= 4 is 29.0 Å². The van der Waals surface area contributed by atoms with E-state index >= 15 is 0 Å². The number of carbonyl (C=O) groups is 1. The van der Waals surface area contributed by atoms with Gasteiger partial charge in [-0.3, -0.25) is 4.79 Å². The number of amides is 1. The molecule has 1 aliphatic rings. The quantitative estimate of drug-likeness (QED) is 0.896. The van der Waals surface area contributed by atoms with Crippen LogP contribution in [0.4, 0.5) is 11.4 Å². The van der Waals surface area contributed by atoms with E-state index in [1.165, 1.54) is 5.69 Å². The Morgan fingerprint density at radius 2 is 1.88 bits per heavy atom. The molecule has 1 heterocycles. The Bertz CT molecular complexity index is 700. The van der Waals surface area contributed by atoms with Gasteiger partial charge in [-0.2, -0.15) is 11.8 Å². The van der Waals surface area contributed by atoms with E-state index in [4.69, 9.17) is 0 Å². The van der Waals surface area contributed by atoms with Crippen LogP contribution in [-0.4, -0.2) is 35.6 Å². The van der Waals surface area contributed by atoms with Crippen molar-refractivity contribution in [2.24, 2.45) is 0 Å². The number of aryl methyl sites for hydroxylation is 1. The van der Waals surface area contributed by atoms with Gasteiger partial charge >= 0.3 is 0 Å². The van der Waals surface area contributed by atoms with E-state index in [2.05, 4.69) is 16.3 Å². The van der Waals surface area contributed by atoms with Crippen LogP contribution in [0.25, 0.3) is 0 Å². The van der Waals surface area contributed by atoms with Gasteiger partial charge in [-0.25, -0.2) is 0 Å². The smallest absolute Gasteiger partial charge is 0.257 e. The van der Waals surface area contributed by atoms with Gasteiger partial charge in [0.05, 0.1) is 0 Å². The number of rotatable bonds is 4. The zero-order valence-corrected chi connectivity index (χ0v) is 14.6. The Morgan fingerprint density at radius 1 is 1.17 bits per heavy atom. The van der Waals surface area contributed by atoms with Crippen molar-refractivity contribution in [1.29, 1.82) is 0 Å². The fourth-order valence-corrected chi connectivity index (χ4v) is 3.70. The first-order chi connectivity index (χ1) is 11.6. The fourth-order valence-electron chi connectivity index (χ4n) is 2.79. The van der Waals surface area contributed by atoms with E-state index in [1.807, 2.05) is 49.0 Å². The van der Waals surface area contributed by atoms with Crippen molar-refractivity contribution < 1.29 is 9.90 Å². The van der Waals surface area contributed by atoms with Crippen LogP contribution in [-0.2, 0) is 4.79 Å². The maximum Gasteiger partial charge on any atom is 0.257 e. The van der Waals surface area contributed by atoms with Crippen molar-refractivity contribution in [1.82, 2.24) is 0 Å². The maximum absolute atomic E-state index is 12.3. The number of hydrogen-bond donors (Lipinski definition) is 2. The third-order valence-electron chi connectivity index (χ3n) is 4.21. The van der Waals surface area contributed by atoms with Gasteiger partial charge in [0, 0.05) is 36.0 Å². The predicted molar refractivity (Wildman–Crippen MR) is 101 cm³/mol. The molecular formula is C19H22N2O2S. The SMILES string of the molecule is Cc1cc(N2CCSCC2)ccc1NC(=O)C(O)c1ccccc1. The number of nitrogens with zero attached hydrogens (tertiary/aromatic N) is 1. The van der Waals surface area contributed by atoms with Gasteiger partial charge in [-0.05, 0) is 36.2 Å². The van der Waals surface area contributed by atoms with E-state index in [-0.39, 0.29) is 0 Å². The monoisotopic (exact) mass is 342 g/mol. The molecule has 0 bridgehead atoms. The highest BCUT2D eigenvalue weighted by Gasteiger charge is 2.18. The summed E-state index contributed by atoms with van der Waals surface area (Å²) in [5.74, 6) is 1.90. The number of aliphatic hydroxyl groups is 1. The Morgan fingerprint density at radius 3 is 2.54 bits per heavy atom. The molecule has 1 amide bonds. The summed E-state index contributed by atoms with van der Waals surface area (Å²) in [6.07, 6.45) is -1.16. The third-order valence-corrected chi connectivity index (χ3v) is 5.15. The Balaban J connectivity index is 1.69. The topological polar surface area (TPSA) is 52.6 Å². The fraction of sp³-hybridized carbons (Fsp3) is 0.316. The zero-order chi connectivity index (χ0) is 16.9. The lowest BCUT2D eigenvalue weighted by molar-refractivity contribution is -0.124. The predicted octanol–water partition coefficient (Wildman–Crippen LogP) is 3.22. The third kappa shape index (κ3) is 3.91. The second-order valence-electron chi connectivity index (χ2n) is 5.90. The highest BCUT2D eigenvalue weighted by molar-refractivity contribution is 7.99. The molecule has 0 saturated carbocycles. The lowest BCUT2D eigenvalue weighted by atomic mass is 10.1. The number of benzene rings is 2. The molecule has 0 spiro atoms. The number of thioether (sulfide) groups is 1. The van der Waals surface area contributed by atoms with Crippen LogP contribution in [0.2, 0.25) is 0 Å². The molecule has 1 unspecified atom stereocenters. The van der Waals surface area contributed by atoms with E-state index in [0.717, 1.165) is 35.8 Å². The molecule has 1 aliphatic heterocycles. The van der Waals surface area contributed by atoms with Crippen molar-refractivity contribution in [3.63, 3.8) is 0 Å². The molecule has 1 saturated heterocycles. The molecule has 24 heavy (non-hydrogen) atoms. The molecule has 0 aromatic heterocycles. The standard InChI is InChI=1S/C19H22N2O2S/c1-14-13-16(21-9-11-24-12-10-21)7-8-17(14)20-19(23)18(22)15-5-3-2-4-6-15/h2-8,13,18,22H,9-12H2,1H3,(H,20,23). The summed E-state index contributed by atoms with van der Waals surface area (Å²) in [5.41, 5.74) is 3.52. The summed E-state index contributed by atoms with van der Waals surface area (Å²) in [4.78, 5) is 14.6. The number of carbonyl (C=O) groups excluding carboxylic acids is 1. The van der Waals surface area contributed by atoms with Gasteiger partial charge in [0.2, 0.25) is 0 Å². The molecule has 126 valence electrons. The van der Waals surface area contributed by atoms with Crippen LogP contribution in [0, 0.1) is 6.92 Å². The van der Waals surface area contributed by atoms with Crippen LogP contribution in [0.5, 0.6) is 0 Å². The summed E-state index contributed by atoms with van der Waals surface area (Å²) >= 11 is 1.98. The first kappa shape index (κ1) is 16.9. The summed E-state index contributed by atoms with van der Waals surface area (Å²) in [6.45, 7) is 4.10. The number of nitrogens with one attached hydrogen (secondary N) is 1. The summed E-state index contributed by atoms with van der Waals surface area (Å²) in [5, 5.41) is 13.0. The summed E-state index contributed by atoms with van der Waals surface area (Å²) < 4.78 is 0. The number of hydrogen-bond acceptors (Lipinski definition) is 4. The van der Waals surface area contributed by atoms with Gasteiger partial charge in [0.1, 0.15) is 0 Å². The average Bonchev–Trinajstić information content (AvgIpc) is 2.64. The van der Waals surface area contributed by atoms with Crippen molar-refractivity contribution in [2.75, 3.05) is 34.8 Å². The number of anilines is 2. The van der Waals surface area contributed by atoms with Crippen LogP contribution >= 0.6 is 11.8 Å². The van der Waals surface area contributed by atoms with Crippen molar-refractivity contribution in [3.8, 4) is 0 Å². The van der Waals surface area contributed by atoms with Gasteiger partial charge in [-0.15, -0.1) is 0 Å². The Labute approximate surface area is 146 Å².